The van der Waals surface area contributed by atoms with E-state index in [1.165, 1.54) is 5.56 Å². The number of urea groups is 1. The number of hydrogen-bond acceptors (Lipinski definition) is 3. The van der Waals surface area contributed by atoms with Crippen LogP contribution in [0.3, 0.4) is 0 Å². The number of benzene rings is 1. The molecule has 132 valence electrons. The van der Waals surface area contributed by atoms with E-state index >= 15 is 0 Å². The molecule has 1 saturated heterocycles. The molecule has 1 aliphatic carbocycles. The molecule has 2 N–H and O–H groups in total. The fraction of sp³-hybridized carbons (Fsp3) is 0.632. The molecule has 0 bridgehead atoms. The zero-order valence-electron chi connectivity index (χ0n) is 14.4. The summed E-state index contributed by atoms with van der Waals surface area (Å²) in [6.07, 6.45) is 4.27. The molecular formula is C19H29N3O2. The third-order valence-corrected chi connectivity index (χ3v) is 5.58. The summed E-state index contributed by atoms with van der Waals surface area (Å²) >= 11 is 0. The summed E-state index contributed by atoms with van der Waals surface area (Å²) in [5.41, 5.74) is 1.32. The first-order chi connectivity index (χ1) is 11.7. The van der Waals surface area contributed by atoms with Crippen molar-refractivity contribution in [1.82, 2.24) is 15.1 Å². The number of piperazine rings is 1. The van der Waals surface area contributed by atoms with Gasteiger partial charge in [-0.1, -0.05) is 36.8 Å². The minimum atomic E-state index is -0.0484. The molecular weight excluding hydrogens is 302 g/mol. The Morgan fingerprint density at radius 2 is 1.83 bits per heavy atom. The van der Waals surface area contributed by atoms with E-state index in [0.717, 1.165) is 58.4 Å². The van der Waals surface area contributed by atoms with Crippen molar-refractivity contribution < 1.29 is 9.90 Å². The van der Waals surface area contributed by atoms with Crippen LogP contribution in [-0.4, -0.2) is 66.8 Å². The van der Waals surface area contributed by atoms with Crippen molar-refractivity contribution in [1.29, 1.82) is 0 Å². The fourth-order valence-electron chi connectivity index (χ4n) is 3.55. The van der Waals surface area contributed by atoms with Crippen LogP contribution >= 0.6 is 0 Å². The summed E-state index contributed by atoms with van der Waals surface area (Å²) in [7, 11) is 0. The number of amides is 2. The van der Waals surface area contributed by atoms with Crippen molar-refractivity contribution in [2.75, 3.05) is 45.9 Å². The molecule has 5 nitrogen and oxygen atoms in total. The summed E-state index contributed by atoms with van der Waals surface area (Å²) < 4.78 is 0. The van der Waals surface area contributed by atoms with E-state index in [1.807, 2.05) is 11.0 Å². The van der Waals surface area contributed by atoms with Gasteiger partial charge in [0.1, 0.15) is 0 Å². The maximum Gasteiger partial charge on any atom is 0.317 e. The van der Waals surface area contributed by atoms with E-state index in [0.29, 0.717) is 6.54 Å². The van der Waals surface area contributed by atoms with Crippen molar-refractivity contribution in [3.05, 3.63) is 35.9 Å². The van der Waals surface area contributed by atoms with Gasteiger partial charge >= 0.3 is 6.03 Å². The Bertz CT molecular complexity index is 517. The molecule has 0 spiro atoms. The third kappa shape index (κ3) is 4.28. The van der Waals surface area contributed by atoms with E-state index in [-0.39, 0.29) is 18.1 Å². The smallest absolute Gasteiger partial charge is 0.317 e. The summed E-state index contributed by atoms with van der Waals surface area (Å²) in [5, 5.41) is 12.5. The Labute approximate surface area is 144 Å². The van der Waals surface area contributed by atoms with Crippen LogP contribution in [0.4, 0.5) is 4.79 Å². The van der Waals surface area contributed by atoms with Crippen LogP contribution in [0.15, 0.2) is 30.3 Å². The van der Waals surface area contributed by atoms with Crippen LogP contribution in [0.25, 0.3) is 0 Å². The van der Waals surface area contributed by atoms with Crippen LogP contribution in [0.1, 0.15) is 24.8 Å². The number of carbonyl (C=O) groups excluding carboxylic acids is 1. The molecule has 2 aliphatic rings. The number of rotatable bonds is 6. The summed E-state index contributed by atoms with van der Waals surface area (Å²) in [6.45, 7) is 5.28. The van der Waals surface area contributed by atoms with Crippen LogP contribution in [0.5, 0.6) is 0 Å². The Balaban J connectivity index is 1.36. The average molecular weight is 331 g/mol. The Kier molecular flexibility index (Phi) is 5.74. The maximum atomic E-state index is 12.3. The van der Waals surface area contributed by atoms with Crippen molar-refractivity contribution in [3.8, 4) is 0 Å². The second kappa shape index (κ2) is 7.99. The van der Waals surface area contributed by atoms with Crippen molar-refractivity contribution in [2.24, 2.45) is 5.41 Å². The van der Waals surface area contributed by atoms with Gasteiger partial charge in [0.2, 0.25) is 0 Å². The van der Waals surface area contributed by atoms with E-state index in [4.69, 9.17) is 0 Å². The third-order valence-electron chi connectivity index (χ3n) is 5.58. The molecule has 24 heavy (non-hydrogen) atoms. The minimum absolute atomic E-state index is 0.0254. The van der Waals surface area contributed by atoms with Crippen molar-refractivity contribution in [2.45, 2.75) is 25.7 Å². The molecule has 2 amide bonds. The minimum Gasteiger partial charge on any atom is -0.396 e. The molecule has 2 fully saturated rings. The van der Waals surface area contributed by atoms with E-state index in [2.05, 4.69) is 34.5 Å². The second-order valence-electron chi connectivity index (χ2n) is 7.23. The second-order valence-corrected chi connectivity index (χ2v) is 7.23. The number of nitrogens with one attached hydrogen (secondary N) is 1. The van der Waals surface area contributed by atoms with Gasteiger partial charge in [0.15, 0.2) is 0 Å². The first kappa shape index (κ1) is 17.2. The van der Waals surface area contributed by atoms with E-state index in [1.54, 1.807) is 0 Å². The first-order valence-corrected chi connectivity index (χ1v) is 9.11. The van der Waals surface area contributed by atoms with Gasteiger partial charge in [-0.05, 0) is 24.8 Å². The highest BCUT2D eigenvalue weighted by Crippen LogP contribution is 2.39. The SMILES string of the molecule is O=C(NCC1(CO)CCC1)N1CCN(CCc2ccccc2)CC1. The predicted molar refractivity (Wildman–Crippen MR) is 94.9 cm³/mol. The van der Waals surface area contributed by atoms with Gasteiger partial charge in [-0.15, -0.1) is 0 Å². The Morgan fingerprint density at radius 3 is 2.42 bits per heavy atom. The lowest BCUT2D eigenvalue weighted by molar-refractivity contribution is 0.0448. The summed E-state index contributed by atoms with van der Waals surface area (Å²) in [5.74, 6) is 0. The predicted octanol–water partition coefficient (Wildman–Crippen LogP) is 1.72. The maximum absolute atomic E-state index is 12.3. The number of aliphatic hydroxyl groups is 1. The zero-order chi connectivity index (χ0) is 16.8. The molecule has 0 unspecified atom stereocenters. The summed E-state index contributed by atoms with van der Waals surface area (Å²) in [6, 6.07) is 10.6. The lowest BCUT2D eigenvalue weighted by Gasteiger charge is -2.41. The lowest BCUT2D eigenvalue weighted by atomic mass is 9.69. The molecule has 0 atom stereocenters. The van der Waals surface area contributed by atoms with Gasteiger partial charge in [-0.25, -0.2) is 4.79 Å². The average Bonchev–Trinajstić information content (AvgIpc) is 2.60. The van der Waals surface area contributed by atoms with Crippen LogP contribution in [0, 0.1) is 5.41 Å². The topological polar surface area (TPSA) is 55.8 Å². The molecule has 3 rings (SSSR count). The molecule has 1 heterocycles. The molecule has 1 aromatic rings. The van der Waals surface area contributed by atoms with Gasteiger partial charge in [-0.2, -0.15) is 0 Å². The van der Waals surface area contributed by atoms with Gasteiger partial charge in [0.25, 0.3) is 0 Å². The molecule has 1 aromatic carbocycles. The number of nitrogens with zero attached hydrogens (tertiary/aromatic N) is 2. The molecule has 5 heteroatoms. The highest BCUT2D eigenvalue weighted by molar-refractivity contribution is 5.74. The highest BCUT2D eigenvalue weighted by Gasteiger charge is 2.37. The molecule has 0 aromatic heterocycles. The largest absolute Gasteiger partial charge is 0.396 e. The molecule has 1 aliphatic heterocycles. The highest BCUT2D eigenvalue weighted by atomic mass is 16.3. The molecule has 0 radical (unpaired) electrons. The normalized spacial score (nSPS) is 20.5. The number of hydrogen-bond donors (Lipinski definition) is 2. The van der Waals surface area contributed by atoms with Gasteiger partial charge < -0.3 is 15.3 Å². The van der Waals surface area contributed by atoms with Gasteiger partial charge in [0.05, 0.1) is 6.61 Å². The fourth-order valence-corrected chi connectivity index (χ4v) is 3.55. The molecule has 1 saturated carbocycles. The monoisotopic (exact) mass is 331 g/mol. The Hall–Kier alpha value is -1.59. The first-order valence-electron chi connectivity index (χ1n) is 9.11. The van der Waals surface area contributed by atoms with Crippen LogP contribution in [-0.2, 0) is 6.42 Å². The van der Waals surface area contributed by atoms with Gasteiger partial charge in [-0.3, -0.25) is 4.90 Å². The quantitative estimate of drug-likeness (QED) is 0.834. The number of aliphatic hydroxyl groups excluding tert-OH is 1. The number of carbonyl (C=O) groups is 1. The van der Waals surface area contributed by atoms with Crippen LogP contribution in [0.2, 0.25) is 0 Å². The summed E-state index contributed by atoms with van der Waals surface area (Å²) in [4.78, 5) is 16.6. The van der Waals surface area contributed by atoms with Crippen LogP contribution < -0.4 is 5.32 Å². The van der Waals surface area contributed by atoms with Crippen molar-refractivity contribution in [3.63, 3.8) is 0 Å². The standard InChI is InChI=1S/C19H29N3O2/c23-16-19(8-4-9-19)15-20-18(24)22-13-11-21(12-14-22)10-7-17-5-2-1-3-6-17/h1-3,5-6,23H,4,7-16H2,(H,20,24). The van der Waals surface area contributed by atoms with Crippen molar-refractivity contribution >= 4 is 6.03 Å². The zero-order valence-corrected chi connectivity index (χ0v) is 14.4. The van der Waals surface area contributed by atoms with E-state index in [9.17, 15) is 9.90 Å². The Morgan fingerprint density at radius 1 is 1.12 bits per heavy atom. The van der Waals surface area contributed by atoms with E-state index < -0.39 is 0 Å². The lowest BCUT2D eigenvalue weighted by Crippen LogP contribution is -2.54. The van der Waals surface area contributed by atoms with Gasteiger partial charge in [0, 0.05) is 44.7 Å².